The summed E-state index contributed by atoms with van der Waals surface area (Å²) < 4.78 is 6.01. The van der Waals surface area contributed by atoms with E-state index in [-0.39, 0.29) is 11.5 Å². The normalized spacial score (nSPS) is 27.2. The van der Waals surface area contributed by atoms with Gasteiger partial charge >= 0.3 is 0 Å². The molecule has 1 unspecified atom stereocenters. The highest BCUT2D eigenvalue weighted by molar-refractivity contribution is 5.79. The predicted molar refractivity (Wildman–Crippen MR) is 89.2 cm³/mol. The molecule has 2 heterocycles. The van der Waals surface area contributed by atoms with E-state index in [1.165, 1.54) is 5.56 Å². The highest BCUT2D eigenvalue weighted by atomic mass is 16.5. The number of hydrogen-bond acceptors (Lipinski definition) is 3. The molecule has 1 aromatic carbocycles. The van der Waals surface area contributed by atoms with Gasteiger partial charge in [0, 0.05) is 19.5 Å². The molecule has 2 saturated heterocycles. The third kappa shape index (κ3) is 3.93. The summed E-state index contributed by atoms with van der Waals surface area (Å²) in [6.07, 6.45) is 3.49. The smallest absolute Gasteiger partial charge is 0.226 e. The number of rotatable bonds is 2. The standard InChI is InChI=1S/C19H27NO3/c1-15-4-3-5-16(12-15)13-17(21)20-9-6-19(7-10-20)14-18(2,22)8-11-23-19/h3-5,12,22H,6-11,13-14H2,1-2H3. The Morgan fingerprint density at radius 3 is 2.70 bits per heavy atom. The fourth-order valence-electron chi connectivity index (χ4n) is 3.91. The second kappa shape index (κ2) is 6.25. The number of aryl methyl sites for hydroxylation is 1. The molecule has 0 saturated carbocycles. The second-order valence-corrected chi connectivity index (χ2v) is 7.50. The van der Waals surface area contributed by atoms with E-state index >= 15 is 0 Å². The van der Waals surface area contributed by atoms with Gasteiger partial charge in [0.05, 0.1) is 24.2 Å². The first-order valence-electron chi connectivity index (χ1n) is 8.57. The van der Waals surface area contributed by atoms with Gasteiger partial charge in [0.25, 0.3) is 0 Å². The molecule has 2 fully saturated rings. The molecule has 23 heavy (non-hydrogen) atoms. The van der Waals surface area contributed by atoms with Gasteiger partial charge < -0.3 is 14.7 Å². The Bertz CT molecular complexity index is 574. The topological polar surface area (TPSA) is 49.8 Å². The van der Waals surface area contributed by atoms with Gasteiger partial charge in [0.15, 0.2) is 0 Å². The lowest BCUT2D eigenvalue weighted by molar-refractivity contribution is -0.175. The van der Waals surface area contributed by atoms with Crippen molar-refractivity contribution in [1.29, 1.82) is 0 Å². The van der Waals surface area contributed by atoms with Gasteiger partial charge in [-0.3, -0.25) is 4.79 Å². The van der Waals surface area contributed by atoms with Gasteiger partial charge in [0.1, 0.15) is 0 Å². The summed E-state index contributed by atoms with van der Waals surface area (Å²) in [7, 11) is 0. The Morgan fingerprint density at radius 1 is 1.30 bits per heavy atom. The molecule has 3 rings (SSSR count). The van der Waals surface area contributed by atoms with Crippen LogP contribution in [-0.2, 0) is 16.0 Å². The van der Waals surface area contributed by atoms with E-state index in [0.29, 0.717) is 25.9 Å². The van der Waals surface area contributed by atoms with Crippen molar-refractivity contribution in [2.45, 2.75) is 57.2 Å². The fourth-order valence-corrected chi connectivity index (χ4v) is 3.91. The van der Waals surface area contributed by atoms with Crippen LogP contribution in [0, 0.1) is 6.92 Å². The van der Waals surface area contributed by atoms with Gasteiger partial charge in [-0.2, -0.15) is 0 Å². The number of amides is 1. The van der Waals surface area contributed by atoms with Gasteiger partial charge in [-0.1, -0.05) is 29.8 Å². The number of aliphatic hydroxyl groups is 1. The monoisotopic (exact) mass is 317 g/mol. The molecule has 0 aromatic heterocycles. The van der Waals surface area contributed by atoms with Crippen molar-refractivity contribution >= 4 is 5.91 Å². The summed E-state index contributed by atoms with van der Waals surface area (Å²) in [4.78, 5) is 14.5. The first-order chi connectivity index (χ1) is 10.9. The van der Waals surface area contributed by atoms with E-state index in [4.69, 9.17) is 4.74 Å². The summed E-state index contributed by atoms with van der Waals surface area (Å²) >= 11 is 0. The minimum Gasteiger partial charge on any atom is -0.390 e. The lowest BCUT2D eigenvalue weighted by Crippen LogP contribution is -2.54. The average molecular weight is 317 g/mol. The molecule has 0 radical (unpaired) electrons. The molecule has 1 atom stereocenters. The van der Waals surface area contributed by atoms with E-state index < -0.39 is 5.60 Å². The summed E-state index contributed by atoms with van der Waals surface area (Å²) in [6.45, 7) is 6.00. The van der Waals surface area contributed by atoms with Crippen molar-refractivity contribution in [3.63, 3.8) is 0 Å². The average Bonchev–Trinajstić information content (AvgIpc) is 2.46. The molecule has 1 N–H and O–H groups in total. The molecule has 0 aliphatic carbocycles. The molecule has 4 nitrogen and oxygen atoms in total. The first kappa shape index (κ1) is 16.5. The lowest BCUT2D eigenvalue weighted by atomic mass is 9.78. The SMILES string of the molecule is Cc1cccc(CC(=O)N2CCC3(CC2)CC(C)(O)CCO3)c1. The van der Waals surface area contributed by atoms with Crippen molar-refractivity contribution < 1.29 is 14.6 Å². The second-order valence-electron chi connectivity index (χ2n) is 7.50. The van der Waals surface area contributed by atoms with Crippen LogP contribution >= 0.6 is 0 Å². The van der Waals surface area contributed by atoms with E-state index in [9.17, 15) is 9.90 Å². The molecule has 2 aliphatic heterocycles. The Hall–Kier alpha value is -1.39. The van der Waals surface area contributed by atoms with Crippen molar-refractivity contribution in [3.8, 4) is 0 Å². The quantitative estimate of drug-likeness (QED) is 0.911. The maximum Gasteiger partial charge on any atom is 0.226 e. The van der Waals surface area contributed by atoms with E-state index in [1.807, 2.05) is 36.9 Å². The molecular weight excluding hydrogens is 290 g/mol. The Balaban J connectivity index is 1.57. The highest BCUT2D eigenvalue weighted by Crippen LogP contribution is 2.39. The molecule has 1 spiro atoms. The highest BCUT2D eigenvalue weighted by Gasteiger charge is 2.44. The van der Waals surface area contributed by atoms with Crippen molar-refractivity contribution in [3.05, 3.63) is 35.4 Å². The molecule has 1 aromatic rings. The summed E-state index contributed by atoms with van der Waals surface area (Å²) in [5, 5.41) is 10.3. The van der Waals surface area contributed by atoms with E-state index in [1.54, 1.807) is 0 Å². The number of carbonyl (C=O) groups is 1. The van der Waals surface area contributed by atoms with Gasteiger partial charge in [0.2, 0.25) is 5.91 Å². The zero-order chi connectivity index (χ0) is 16.5. The van der Waals surface area contributed by atoms with Gasteiger partial charge in [-0.05, 0) is 38.7 Å². The number of carbonyl (C=O) groups excluding carboxylic acids is 1. The molecule has 1 amide bonds. The Kier molecular flexibility index (Phi) is 4.47. The van der Waals surface area contributed by atoms with Crippen molar-refractivity contribution in [2.75, 3.05) is 19.7 Å². The Labute approximate surface area is 138 Å². The van der Waals surface area contributed by atoms with Crippen molar-refractivity contribution in [1.82, 2.24) is 4.90 Å². The van der Waals surface area contributed by atoms with Crippen molar-refractivity contribution in [2.24, 2.45) is 0 Å². The first-order valence-corrected chi connectivity index (χ1v) is 8.57. The maximum absolute atomic E-state index is 12.5. The number of likely N-dealkylation sites (tertiary alicyclic amines) is 1. The van der Waals surface area contributed by atoms with Crippen LogP contribution in [-0.4, -0.2) is 46.8 Å². The van der Waals surface area contributed by atoms with Crippen LogP contribution in [0.25, 0.3) is 0 Å². The van der Waals surface area contributed by atoms with E-state index in [0.717, 1.165) is 31.5 Å². The number of nitrogens with zero attached hydrogens (tertiary/aromatic N) is 1. The van der Waals surface area contributed by atoms with Crippen LogP contribution in [0.2, 0.25) is 0 Å². The van der Waals surface area contributed by atoms with Gasteiger partial charge in [-0.25, -0.2) is 0 Å². The van der Waals surface area contributed by atoms with Gasteiger partial charge in [-0.15, -0.1) is 0 Å². The Morgan fingerprint density at radius 2 is 2.04 bits per heavy atom. The summed E-state index contributed by atoms with van der Waals surface area (Å²) in [5.41, 5.74) is 1.39. The van der Waals surface area contributed by atoms with Crippen LogP contribution in [0.3, 0.4) is 0 Å². The fraction of sp³-hybridized carbons (Fsp3) is 0.632. The third-order valence-corrected chi connectivity index (χ3v) is 5.22. The molecule has 126 valence electrons. The number of piperidine rings is 1. The molecule has 4 heteroatoms. The van der Waals surface area contributed by atoms with Crippen LogP contribution in [0.15, 0.2) is 24.3 Å². The summed E-state index contributed by atoms with van der Waals surface area (Å²) in [6, 6.07) is 8.13. The molecule has 0 bridgehead atoms. The minimum atomic E-state index is -0.633. The van der Waals surface area contributed by atoms with Crippen LogP contribution in [0.1, 0.15) is 43.7 Å². The minimum absolute atomic E-state index is 0.188. The predicted octanol–water partition coefficient (Wildman–Crippen LogP) is 2.46. The molecular formula is C19H27NO3. The largest absolute Gasteiger partial charge is 0.390 e. The van der Waals surface area contributed by atoms with Crippen LogP contribution in [0.4, 0.5) is 0 Å². The number of benzene rings is 1. The van der Waals surface area contributed by atoms with Crippen LogP contribution in [0.5, 0.6) is 0 Å². The maximum atomic E-state index is 12.5. The zero-order valence-electron chi connectivity index (χ0n) is 14.2. The van der Waals surface area contributed by atoms with Crippen LogP contribution < -0.4 is 0 Å². The number of hydrogen-bond donors (Lipinski definition) is 1. The third-order valence-electron chi connectivity index (χ3n) is 5.22. The van der Waals surface area contributed by atoms with E-state index in [2.05, 4.69) is 6.07 Å². The lowest BCUT2D eigenvalue weighted by Gasteiger charge is -2.48. The zero-order valence-corrected chi connectivity index (χ0v) is 14.2. The molecule has 2 aliphatic rings. The summed E-state index contributed by atoms with van der Waals surface area (Å²) in [5.74, 6) is 0.188. The number of ether oxygens (including phenoxy) is 1.